The van der Waals surface area contributed by atoms with Crippen molar-refractivity contribution in [3.8, 4) is 0 Å². The summed E-state index contributed by atoms with van der Waals surface area (Å²) in [5, 5.41) is 11.1. The van der Waals surface area contributed by atoms with Crippen molar-refractivity contribution in [3.05, 3.63) is 24.2 Å². The fraction of sp³-hybridized carbons (Fsp3) is 0.750. The van der Waals surface area contributed by atoms with E-state index in [-0.39, 0.29) is 28.4 Å². The normalized spacial score (nSPS) is 40.0. The van der Waals surface area contributed by atoms with Gasteiger partial charge in [-0.05, 0) is 61.0 Å². The number of hydrogen-bond donors (Lipinski definition) is 1. The van der Waals surface area contributed by atoms with Gasteiger partial charge in [-0.1, -0.05) is 27.2 Å². The molecule has 1 aromatic heterocycles. The fourth-order valence-electron chi connectivity index (χ4n) is 5.96. The van der Waals surface area contributed by atoms with E-state index in [4.69, 9.17) is 4.42 Å². The van der Waals surface area contributed by atoms with Gasteiger partial charge in [0.15, 0.2) is 0 Å². The molecule has 0 bridgehead atoms. The van der Waals surface area contributed by atoms with Crippen molar-refractivity contribution in [2.75, 3.05) is 0 Å². The second-order valence-electron chi connectivity index (χ2n) is 9.00. The third-order valence-electron chi connectivity index (χ3n) is 6.68. The Balaban J connectivity index is 1.92. The molecule has 128 valence electrons. The summed E-state index contributed by atoms with van der Waals surface area (Å²) >= 11 is 0. The van der Waals surface area contributed by atoms with Crippen LogP contribution in [-0.4, -0.2) is 16.5 Å². The molecule has 23 heavy (non-hydrogen) atoms. The number of furan rings is 1. The first-order valence-electron chi connectivity index (χ1n) is 8.93. The highest BCUT2D eigenvalue weighted by atomic mass is 16.3. The zero-order valence-corrected chi connectivity index (χ0v) is 14.9. The van der Waals surface area contributed by atoms with Crippen molar-refractivity contribution >= 4 is 5.78 Å². The number of aliphatic hydroxyl groups is 1. The maximum Gasteiger partial charge on any atom is 0.139 e. The number of ketones is 1. The van der Waals surface area contributed by atoms with Gasteiger partial charge in [0.25, 0.3) is 0 Å². The first-order valence-corrected chi connectivity index (χ1v) is 8.93. The van der Waals surface area contributed by atoms with Crippen LogP contribution in [0.2, 0.25) is 0 Å². The van der Waals surface area contributed by atoms with Crippen LogP contribution < -0.4 is 0 Å². The van der Waals surface area contributed by atoms with Crippen molar-refractivity contribution in [1.82, 2.24) is 0 Å². The average molecular weight is 318 g/mol. The third-order valence-corrected chi connectivity index (χ3v) is 6.68. The molecule has 4 atom stereocenters. The summed E-state index contributed by atoms with van der Waals surface area (Å²) in [5.41, 5.74) is 0.200. The van der Waals surface area contributed by atoms with Crippen molar-refractivity contribution in [1.29, 1.82) is 0 Å². The average Bonchev–Trinajstić information content (AvgIpc) is 2.88. The lowest BCUT2D eigenvalue weighted by atomic mass is 9.44. The largest absolute Gasteiger partial charge is 0.472 e. The molecule has 0 aromatic carbocycles. The number of carbonyl (C=O) groups is 1. The van der Waals surface area contributed by atoms with E-state index in [2.05, 4.69) is 20.8 Å². The molecule has 1 aromatic rings. The SMILES string of the molecule is CC1(C)CCCC2(C)C1C(=O)CC(C)(O)C2CCc1ccoc1. The molecule has 3 nitrogen and oxygen atoms in total. The van der Waals surface area contributed by atoms with Gasteiger partial charge in [0.05, 0.1) is 18.1 Å². The molecule has 2 aliphatic rings. The summed E-state index contributed by atoms with van der Waals surface area (Å²) in [4.78, 5) is 12.9. The first kappa shape index (κ1) is 16.8. The lowest BCUT2D eigenvalue weighted by molar-refractivity contribution is -0.180. The van der Waals surface area contributed by atoms with E-state index in [1.165, 1.54) is 5.56 Å². The van der Waals surface area contributed by atoms with Gasteiger partial charge in [-0.3, -0.25) is 4.79 Å². The van der Waals surface area contributed by atoms with Gasteiger partial charge in [0, 0.05) is 12.3 Å². The first-order chi connectivity index (χ1) is 10.7. The molecule has 0 spiro atoms. The van der Waals surface area contributed by atoms with Crippen LogP contribution in [0.25, 0.3) is 0 Å². The van der Waals surface area contributed by atoms with Crippen molar-refractivity contribution in [2.24, 2.45) is 22.7 Å². The molecular formula is C20H30O3. The van der Waals surface area contributed by atoms with Crippen LogP contribution in [0.5, 0.6) is 0 Å². The Kier molecular flexibility index (Phi) is 3.99. The van der Waals surface area contributed by atoms with Crippen LogP contribution in [0.1, 0.15) is 65.4 Å². The lowest BCUT2D eigenvalue weighted by Gasteiger charge is -2.60. The van der Waals surface area contributed by atoms with Gasteiger partial charge < -0.3 is 9.52 Å². The molecule has 0 saturated heterocycles. The highest BCUT2D eigenvalue weighted by Gasteiger charge is 2.61. The highest BCUT2D eigenvalue weighted by molar-refractivity contribution is 5.85. The van der Waals surface area contributed by atoms with Crippen molar-refractivity contribution < 1.29 is 14.3 Å². The second-order valence-corrected chi connectivity index (χ2v) is 9.00. The van der Waals surface area contributed by atoms with Gasteiger partial charge in [-0.15, -0.1) is 0 Å². The summed E-state index contributed by atoms with van der Waals surface area (Å²) in [6.45, 7) is 8.60. The minimum atomic E-state index is -0.903. The maximum atomic E-state index is 12.9. The minimum absolute atomic E-state index is 0.0362. The smallest absolute Gasteiger partial charge is 0.139 e. The molecule has 0 radical (unpaired) electrons. The molecule has 0 aliphatic heterocycles. The van der Waals surface area contributed by atoms with E-state index in [0.29, 0.717) is 6.42 Å². The number of fused-ring (bicyclic) bond motifs is 1. The van der Waals surface area contributed by atoms with E-state index >= 15 is 0 Å². The quantitative estimate of drug-likeness (QED) is 0.899. The molecule has 1 heterocycles. The summed E-state index contributed by atoms with van der Waals surface area (Å²) in [5.74, 6) is 0.479. The Morgan fingerprint density at radius 1 is 1.26 bits per heavy atom. The van der Waals surface area contributed by atoms with Crippen LogP contribution in [0.15, 0.2) is 23.0 Å². The standard InChI is InChI=1S/C20H30O3/c1-18(2)9-5-10-19(3)16(7-6-14-8-11-23-13-14)20(4,22)12-15(21)17(18)19/h8,11,13,16-17,22H,5-7,9-10,12H2,1-4H3. The third kappa shape index (κ3) is 2.77. The molecule has 2 aliphatic carbocycles. The Labute approximate surface area is 139 Å². The molecular weight excluding hydrogens is 288 g/mol. The lowest BCUT2D eigenvalue weighted by Crippen LogP contribution is -2.61. The molecule has 4 unspecified atom stereocenters. The monoisotopic (exact) mass is 318 g/mol. The van der Waals surface area contributed by atoms with E-state index in [1.807, 2.05) is 13.0 Å². The van der Waals surface area contributed by atoms with Crippen LogP contribution in [0.4, 0.5) is 0 Å². The summed E-state index contributed by atoms with van der Waals surface area (Å²) in [6, 6.07) is 1.99. The van der Waals surface area contributed by atoms with Gasteiger partial charge in [-0.25, -0.2) is 0 Å². The molecule has 2 fully saturated rings. The zero-order chi connectivity index (χ0) is 16.9. The Morgan fingerprint density at radius 2 is 2.00 bits per heavy atom. The summed E-state index contributed by atoms with van der Waals surface area (Å²) in [6.07, 6.45) is 8.88. The van der Waals surface area contributed by atoms with E-state index in [9.17, 15) is 9.90 Å². The Bertz CT molecular complexity index is 570. The maximum absolute atomic E-state index is 12.9. The molecule has 1 N–H and O–H groups in total. The van der Waals surface area contributed by atoms with E-state index < -0.39 is 5.60 Å². The molecule has 3 rings (SSSR count). The number of hydrogen-bond acceptors (Lipinski definition) is 3. The summed E-state index contributed by atoms with van der Waals surface area (Å²) in [7, 11) is 0. The van der Waals surface area contributed by atoms with Gasteiger partial charge in [-0.2, -0.15) is 0 Å². The van der Waals surface area contributed by atoms with Crippen molar-refractivity contribution in [2.45, 2.75) is 71.8 Å². The van der Waals surface area contributed by atoms with Gasteiger partial charge in [0.1, 0.15) is 5.78 Å². The summed E-state index contributed by atoms with van der Waals surface area (Å²) < 4.78 is 5.17. The molecule has 3 heteroatoms. The number of rotatable bonds is 3. The predicted octanol–water partition coefficient (Wildman–Crippen LogP) is 4.38. The zero-order valence-electron chi connectivity index (χ0n) is 14.9. The number of Topliss-reactive ketones (excluding diaryl/α,β-unsaturated/α-hetero) is 1. The number of carbonyl (C=O) groups excluding carboxylic acids is 1. The second kappa shape index (κ2) is 5.47. The Hall–Kier alpha value is -1.09. The van der Waals surface area contributed by atoms with Crippen LogP contribution in [0.3, 0.4) is 0 Å². The highest BCUT2D eigenvalue weighted by Crippen LogP contribution is 2.61. The fourth-order valence-corrected chi connectivity index (χ4v) is 5.96. The molecule has 2 saturated carbocycles. The van der Waals surface area contributed by atoms with Crippen LogP contribution >= 0.6 is 0 Å². The Morgan fingerprint density at radius 3 is 2.65 bits per heavy atom. The van der Waals surface area contributed by atoms with Crippen LogP contribution in [-0.2, 0) is 11.2 Å². The van der Waals surface area contributed by atoms with Gasteiger partial charge >= 0.3 is 0 Å². The predicted molar refractivity (Wildman–Crippen MR) is 90.0 cm³/mol. The minimum Gasteiger partial charge on any atom is -0.472 e. The van der Waals surface area contributed by atoms with Gasteiger partial charge in [0.2, 0.25) is 0 Å². The van der Waals surface area contributed by atoms with Crippen LogP contribution in [0, 0.1) is 22.7 Å². The topological polar surface area (TPSA) is 50.4 Å². The van der Waals surface area contributed by atoms with E-state index in [1.54, 1.807) is 12.5 Å². The number of aryl methyl sites for hydroxylation is 1. The van der Waals surface area contributed by atoms with E-state index in [0.717, 1.165) is 32.1 Å². The van der Waals surface area contributed by atoms with Crippen molar-refractivity contribution in [3.63, 3.8) is 0 Å². The molecule has 0 amide bonds.